The third-order valence-corrected chi connectivity index (χ3v) is 6.55. The molecule has 136 valence electrons. The van der Waals surface area contributed by atoms with Crippen molar-refractivity contribution in [3.05, 3.63) is 65.5 Å². The summed E-state index contributed by atoms with van der Waals surface area (Å²) in [5, 5.41) is 0. The summed E-state index contributed by atoms with van der Waals surface area (Å²) in [6.07, 6.45) is 0. The fraction of sp³-hybridized carbons (Fsp3) is 0.333. The summed E-state index contributed by atoms with van der Waals surface area (Å²) in [6, 6.07) is 13.8. The lowest BCUT2D eigenvalue weighted by Crippen LogP contribution is -2.30. The number of aryl methyl sites for hydroxylation is 1. The van der Waals surface area contributed by atoms with Crippen LogP contribution < -0.4 is 5.73 Å². The fourth-order valence-electron chi connectivity index (χ4n) is 3.23. The molecule has 3 rings (SSSR count). The van der Waals surface area contributed by atoms with Gasteiger partial charge in [0.05, 0.1) is 4.90 Å². The Bertz CT molecular complexity index is 830. The smallest absolute Gasteiger partial charge is 0.243 e. The second kappa shape index (κ2) is 7.83. The average Bonchev–Trinajstić information content (AvgIpc) is 3.03. The Morgan fingerprint density at radius 2 is 1.84 bits per heavy atom. The van der Waals surface area contributed by atoms with E-state index in [0.29, 0.717) is 25.2 Å². The zero-order chi connectivity index (χ0) is 17.3. The van der Waals surface area contributed by atoms with E-state index in [1.54, 1.807) is 6.92 Å². The first-order valence-corrected chi connectivity index (χ1v) is 9.39. The average molecular weight is 385 g/mol. The van der Waals surface area contributed by atoms with Crippen LogP contribution in [-0.2, 0) is 10.0 Å². The molecule has 1 saturated heterocycles. The molecule has 0 bridgehead atoms. The molecule has 0 spiro atoms. The van der Waals surface area contributed by atoms with Crippen molar-refractivity contribution in [3.8, 4) is 0 Å². The molecule has 25 heavy (non-hydrogen) atoms. The van der Waals surface area contributed by atoms with Gasteiger partial charge in [-0.05, 0) is 42.6 Å². The molecule has 2 aromatic rings. The summed E-state index contributed by atoms with van der Waals surface area (Å²) in [5.74, 6) is -0.399. The number of nitrogens with zero attached hydrogens (tertiary/aromatic N) is 1. The number of sulfonamides is 1. The first kappa shape index (κ1) is 19.8. The monoisotopic (exact) mass is 384 g/mol. The van der Waals surface area contributed by atoms with E-state index in [9.17, 15) is 12.8 Å². The molecule has 0 aliphatic carbocycles. The zero-order valence-corrected chi connectivity index (χ0v) is 15.6. The highest BCUT2D eigenvalue weighted by Crippen LogP contribution is 2.35. The Morgan fingerprint density at radius 1 is 1.16 bits per heavy atom. The van der Waals surface area contributed by atoms with Crippen molar-refractivity contribution in [2.45, 2.75) is 17.7 Å². The van der Waals surface area contributed by atoms with Crippen LogP contribution in [0, 0.1) is 18.7 Å². The van der Waals surface area contributed by atoms with Gasteiger partial charge in [0.1, 0.15) is 5.82 Å². The van der Waals surface area contributed by atoms with Gasteiger partial charge in [-0.2, -0.15) is 4.31 Å². The Hall–Kier alpha value is -1.47. The minimum absolute atomic E-state index is 0. The van der Waals surface area contributed by atoms with Crippen LogP contribution in [0.25, 0.3) is 0 Å². The third kappa shape index (κ3) is 3.87. The van der Waals surface area contributed by atoms with Crippen molar-refractivity contribution in [3.63, 3.8) is 0 Å². The Kier molecular flexibility index (Phi) is 6.21. The van der Waals surface area contributed by atoms with Crippen LogP contribution in [0.5, 0.6) is 0 Å². The van der Waals surface area contributed by atoms with Crippen LogP contribution in [0.15, 0.2) is 53.4 Å². The number of halogens is 2. The standard InChI is InChI=1S/C18H21FN2O2S.ClH/c1-13-7-8-16(9-18(13)19)24(22,23)21-11-15(10-20)17(12-21)14-5-3-2-4-6-14;/h2-9,15,17H,10-12,20H2,1H3;1H/t15-,17+;/m1./s1. The van der Waals surface area contributed by atoms with E-state index in [0.717, 1.165) is 11.6 Å². The quantitative estimate of drug-likeness (QED) is 0.881. The molecule has 1 aliphatic rings. The highest BCUT2D eigenvalue weighted by Gasteiger charge is 2.39. The van der Waals surface area contributed by atoms with Crippen molar-refractivity contribution in [2.24, 2.45) is 11.7 Å². The van der Waals surface area contributed by atoms with Crippen molar-refractivity contribution in [1.29, 1.82) is 0 Å². The van der Waals surface area contributed by atoms with Gasteiger partial charge in [-0.3, -0.25) is 0 Å². The maximum atomic E-state index is 13.8. The minimum Gasteiger partial charge on any atom is -0.330 e. The molecule has 0 amide bonds. The van der Waals surface area contributed by atoms with Crippen LogP contribution in [0.3, 0.4) is 0 Å². The lowest BCUT2D eigenvalue weighted by Gasteiger charge is -2.17. The third-order valence-electron chi connectivity index (χ3n) is 4.72. The van der Waals surface area contributed by atoms with Crippen LogP contribution >= 0.6 is 12.4 Å². The second-order valence-electron chi connectivity index (χ2n) is 6.25. The summed E-state index contributed by atoms with van der Waals surface area (Å²) >= 11 is 0. The van der Waals surface area contributed by atoms with E-state index >= 15 is 0 Å². The SMILES string of the molecule is Cc1ccc(S(=O)(=O)N2C[C@@H](CN)[C@H](c3ccccc3)C2)cc1F.Cl. The van der Waals surface area contributed by atoms with Gasteiger partial charge in [-0.1, -0.05) is 36.4 Å². The lowest BCUT2D eigenvalue weighted by molar-refractivity contribution is 0.458. The normalized spacial score (nSPS) is 21.1. The molecule has 4 nitrogen and oxygen atoms in total. The van der Waals surface area contributed by atoms with E-state index in [4.69, 9.17) is 5.73 Å². The maximum Gasteiger partial charge on any atom is 0.243 e. The molecule has 1 fully saturated rings. The minimum atomic E-state index is -3.72. The number of hydrogen-bond donors (Lipinski definition) is 1. The van der Waals surface area contributed by atoms with E-state index < -0.39 is 15.8 Å². The molecule has 1 heterocycles. The van der Waals surface area contributed by atoms with Crippen LogP contribution in [0.2, 0.25) is 0 Å². The van der Waals surface area contributed by atoms with Crippen molar-refractivity contribution in [1.82, 2.24) is 4.31 Å². The summed E-state index contributed by atoms with van der Waals surface area (Å²) < 4.78 is 40.9. The maximum absolute atomic E-state index is 13.8. The fourth-order valence-corrected chi connectivity index (χ4v) is 4.76. The highest BCUT2D eigenvalue weighted by molar-refractivity contribution is 7.89. The molecule has 7 heteroatoms. The van der Waals surface area contributed by atoms with Gasteiger partial charge in [0.15, 0.2) is 0 Å². The predicted molar refractivity (Wildman–Crippen MR) is 98.9 cm³/mol. The van der Waals surface area contributed by atoms with Crippen LogP contribution in [0.1, 0.15) is 17.0 Å². The number of rotatable bonds is 4. The Labute approximate surface area is 154 Å². The molecule has 2 aromatic carbocycles. The molecule has 1 aliphatic heterocycles. The van der Waals surface area contributed by atoms with Gasteiger partial charge in [0.25, 0.3) is 0 Å². The van der Waals surface area contributed by atoms with Gasteiger partial charge < -0.3 is 5.73 Å². The van der Waals surface area contributed by atoms with E-state index in [1.807, 2.05) is 30.3 Å². The van der Waals surface area contributed by atoms with E-state index in [-0.39, 0.29) is 29.1 Å². The molecule has 0 saturated carbocycles. The molecule has 2 N–H and O–H groups in total. The van der Waals surface area contributed by atoms with Gasteiger partial charge in [0, 0.05) is 19.0 Å². The van der Waals surface area contributed by atoms with Crippen molar-refractivity contribution < 1.29 is 12.8 Å². The van der Waals surface area contributed by atoms with Gasteiger partial charge in [-0.15, -0.1) is 12.4 Å². The zero-order valence-electron chi connectivity index (χ0n) is 13.9. The van der Waals surface area contributed by atoms with Gasteiger partial charge in [-0.25, -0.2) is 12.8 Å². The van der Waals surface area contributed by atoms with Crippen LogP contribution in [-0.4, -0.2) is 32.4 Å². The predicted octanol–water partition coefficient (Wildman–Crippen LogP) is 2.92. The van der Waals surface area contributed by atoms with Crippen molar-refractivity contribution >= 4 is 22.4 Å². The lowest BCUT2D eigenvalue weighted by atomic mass is 9.89. The molecule has 2 atom stereocenters. The van der Waals surface area contributed by atoms with Gasteiger partial charge in [0.2, 0.25) is 10.0 Å². The molecule has 0 aromatic heterocycles. The largest absolute Gasteiger partial charge is 0.330 e. The molecule has 0 unspecified atom stereocenters. The molecular weight excluding hydrogens is 363 g/mol. The van der Waals surface area contributed by atoms with Crippen molar-refractivity contribution in [2.75, 3.05) is 19.6 Å². The van der Waals surface area contributed by atoms with Crippen LogP contribution in [0.4, 0.5) is 4.39 Å². The first-order chi connectivity index (χ1) is 11.4. The highest BCUT2D eigenvalue weighted by atomic mass is 35.5. The van der Waals surface area contributed by atoms with E-state index in [2.05, 4.69) is 0 Å². The summed E-state index contributed by atoms with van der Waals surface area (Å²) in [4.78, 5) is -0.00455. The summed E-state index contributed by atoms with van der Waals surface area (Å²) in [6.45, 7) is 2.74. The summed E-state index contributed by atoms with van der Waals surface area (Å²) in [5.41, 5.74) is 7.38. The van der Waals surface area contributed by atoms with E-state index in [1.165, 1.54) is 16.4 Å². The number of nitrogens with two attached hydrogens (primary N) is 1. The van der Waals surface area contributed by atoms with Gasteiger partial charge >= 0.3 is 0 Å². The molecular formula is C18H22ClFN2O2S. The topological polar surface area (TPSA) is 63.4 Å². The second-order valence-corrected chi connectivity index (χ2v) is 8.18. The Balaban J connectivity index is 0.00000225. The molecule has 0 radical (unpaired) electrons. The number of hydrogen-bond acceptors (Lipinski definition) is 3. The number of benzene rings is 2. The summed E-state index contributed by atoms with van der Waals surface area (Å²) in [7, 11) is -3.72. The first-order valence-electron chi connectivity index (χ1n) is 7.95. The Morgan fingerprint density at radius 3 is 2.44 bits per heavy atom.